The lowest BCUT2D eigenvalue weighted by molar-refractivity contribution is -0.148. The highest BCUT2D eigenvalue weighted by Crippen LogP contribution is 2.44. The van der Waals surface area contributed by atoms with Gasteiger partial charge in [0, 0.05) is 6.04 Å². The van der Waals surface area contributed by atoms with Gasteiger partial charge >= 0.3 is 5.97 Å². The Bertz CT molecular complexity index is 436. The van der Waals surface area contributed by atoms with Crippen molar-refractivity contribution in [2.75, 3.05) is 0 Å². The highest BCUT2D eigenvalue weighted by molar-refractivity contribution is 5.83. The van der Waals surface area contributed by atoms with Crippen LogP contribution in [-0.4, -0.2) is 22.2 Å². The summed E-state index contributed by atoms with van der Waals surface area (Å²) >= 11 is 0. The monoisotopic (exact) mass is 221 g/mol. The van der Waals surface area contributed by atoms with Crippen LogP contribution < -0.4 is 5.73 Å². The predicted molar refractivity (Wildman–Crippen MR) is 59.4 cm³/mol. The number of aryl methyl sites for hydroxylation is 1. The molecule has 1 aromatic carbocycles. The van der Waals surface area contributed by atoms with Gasteiger partial charge in [-0.25, -0.2) is 0 Å². The molecule has 1 aliphatic rings. The Kier molecular flexibility index (Phi) is 2.39. The topological polar surface area (TPSA) is 83.5 Å². The van der Waals surface area contributed by atoms with E-state index in [9.17, 15) is 15.0 Å². The van der Waals surface area contributed by atoms with E-state index in [0.29, 0.717) is 18.4 Å². The fourth-order valence-corrected chi connectivity index (χ4v) is 2.28. The minimum Gasteiger partial charge on any atom is -0.508 e. The fourth-order valence-electron chi connectivity index (χ4n) is 2.28. The maximum absolute atomic E-state index is 11.3. The molecule has 0 unspecified atom stereocenters. The van der Waals surface area contributed by atoms with Crippen LogP contribution in [0.3, 0.4) is 0 Å². The first kappa shape index (κ1) is 11.0. The Morgan fingerprint density at radius 2 is 2.12 bits per heavy atom. The molecule has 4 nitrogen and oxygen atoms in total. The zero-order valence-electron chi connectivity index (χ0n) is 9.10. The third-order valence-electron chi connectivity index (χ3n) is 3.39. The molecule has 0 aliphatic heterocycles. The Labute approximate surface area is 93.7 Å². The summed E-state index contributed by atoms with van der Waals surface area (Å²) in [5.41, 5.74) is 6.16. The van der Waals surface area contributed by atoms with Crippen LogP contribution in [0.5, 0.6) is 5.75 Å². The van der Waals surface area contributed by atoms with Gasteiger partial charge in [-0.1, -0.05) is 12.1 Å². The minimum atomic E-state index is -0.898. The quantitative estimate of drug-likeness (QED) is 0.699. The lowest BCUT2D eigenvalue weighted by atomic mass is 9.62. The maximum Gasteiger partial charge on any atom is 0.314 e. The van der Waals surface area contributed by atoms with Crippen molar-refractivity contribution < 1.29 is 15.0 Å². The third kappa shape index (κ3) is 1.46. The molecule has 0 bridgehead atoms. The molecule has 0 saturated heterocycles. The van der Waals surface area contributed by atoms with E-state index in [-0.39, 0.29) is 11.8 Å². The van der Waals surface area contributed by atoms with Crippen LogP contribution >= 0.6 is 0 Å². The number of nitrogens with two attached hydrogens (primary N) is 1. The molecule has 1 fully saturated rings. The Morgan fingerprint density at radius 3 is 2.56 bits per heavy atom. The molecule has 1 aliphatic carbocycles. The predicted octanol–water partition coefficient (Wildman–Crippen LogP) is 1.14. The lowest BCUT2D eigenvalue weighted by Gasteiger charge is -2.43. The molecule has 86 valence electrons. The number of carboxylic acids is 1. The average Bonchev–Trinajstić information content (AvgIpc) is 2.17. The van der Waals surface area contributed by atoms with Crippen molar-refractivity contribution >= 4 is 5.97 Å². The normalized spacial score (nSPS) is 28.5. The first-order valence-corrected chi connectivity index (χ1v) is 5.25. The molecule has 0 aromatic heterocycles. The highest BCUT2D eigenvalue weighted by atomic mass is 16.4. The third-order valence-corrected chi connectivity index (χ3v) is 3.39. The molecule has 1 saturated carbocycles. The van der Waals surface area contributed by atoms with E-state index in [1.807, 2.05) is 0 Å². The number of phenolic OH excluding ortho intramolecular Hbond substituents is 1. The summed E-state index contributed by atoms with van der Waals surface area (Å²) in [6.45, 7) is 1.78. The molecule has 4 N–H and O–H groups in total. The Morgan fingerprint density at radius 1 is 1.50 bits per heavy atom. The van der Waals surface area contributed by atoms with Crippen LogP contribution in [0.4, 0.5) is 0 Å². The first-order valence-electron chi connectivity index (χ1n) is 5.25. The molecule has 16 heavy (non-hydrogen) atoms. The van der Waals surface area contributed by atoms with Crippen LogP contribution in [0.1, 0.15) is 24.0 Å². The molecule has 0 atom stereocenters. The van der Waals surface area contributed by atoms with Crippen LogP contribution in [0.25, 0.3) is 0 Å². The molecule has 2 rings (SSSR count). The number of aliphatic carboxylic acids is 1. The zero-order chi connectivity index (χ0) is 11.9. The second-order valence-electron chi connectivity index (χ2n) is 4.56. The van der Waals surface area contributed by atoms with Crippen molar-refractivity contribution in [2.45, 2.75) is 31.2 Å². The fraction of sp³-hybridized carbons (Fsp3) is 0.417. The van der Waals surface area contributed by atoms with Crippen molar-refractivity contribution in [3.63, 3.8) is 0 Å². The standard InChI is InChI=1S/C12H15NO3/c1-7-2-3-8(4-10(7)14)12(11(15)16)5-9(13)6-12/h2-4,9,14H,5-6,13H2,1H3,(H,15,16). The van der Waals surface area contributed by atoms with Crippen molar-refractivity contribution in [1.82, 2.24) is 0 Å². The van der Waals surface area contributed by atoms with Gasteiger partial charge in [0.2, 0.25) is 0 Å². The molecule has 1 aromatic rings. The zero-order valence-corrected chi connectivity index (χ0v) is 9.10. The Hall–Kier alpha value is -1.55. The van der Waals surface area contributed by atoms with Crippen LogP contribution in [-0.2, 0) is 10.2 Å². The van der Waals surface area contributed by atoms with E-state index in [1.165, 1.54) is 6.07 Å². The van der Waals surface area contributed by atoms with Gasteiger partial charge in [0.05, 0.1) is 5.41 Å². The van der Waals surface area contributed by atoms with Crippen molar-refractivity contribution in [3.8, 4) is 5.75 Å². The number of aromatic hydroxyl groups is 1. The second-order valence-corrected chi connectivity index (χ2v) is 4.56. The molecular weight excluding hydrogens is 206 g/mol. The summed E-state index contributed by atoms with van der Waals surface area (Å²) in [6, 6.07) is 4.98. The van der Waals surface area contributed by atoms with E-state index in [2.05, 4.69) is 0 Å². The first-order chi connectivity index (χ1) is 7.45. The average molecular weight is 221 g/mol. The van der Waals surface area contributed by atoms with Gasteiger partial charge in [-0.2, -0.15) is 0 Å². The van der Waals surface area contributed by atoms with Gasteiger partial charge in [-0.05, 0) is 37.0 Å². The number of hydrogen-bond donors (Lipinski definition) is 3. The molecular formula is C12H15NO3. The van der Waals surface area contributed by atoms with Crippen LogP contribution in [0.15, 0.2) is 18.2 Å². The molecule has 0 amide bonds. The number of carbonyl (C=O) groups is 1. The number of phenols is 1. The van der Waals surface area contributed by atoms with Crippen LogP contribution in [0.2, 0.25) is 0 Å². The van der Waals surface area contributed by atoms with E-state index in [0.717, 1.165) is 5.56 Å². The molecule has 0 spiro atoms. The Balaban J connectivity index is 2.41. The summed E-state index contributed by atoms with van der Waals surface area (Å²) in [5.74, 6) is -0.726. The van der Waals surface area contributed by atoms with Gasteiger partial charge in [-0.15, -0.1) is 0 Å². The SMILES string of the molecule is Cc1ccc(C2(C(=O)O)CC(N)C2)cc1O. The van der Waals surface area contributed by atoms with Gasteiger partial charge in [0.25, 0.3) is 0 Å². The van der Waals surface area contributed by atoms with Crippen molar-refractivity contribution in [2.24, 2.45) is 5.73 Å². The molecule has 0 heterocycles. The summed E-state index contributed by atoms with van der Waals surface area (Å²) in [5, 5.41) is 18.9. The number of rotatable bonds is 2. The van der Waals surface area contributed by atoms with E-state index >= 15 is 0 Å². The van der Waals surface area contributed by atoms with E-state index in [4.69, 9.17) is 5.73 Å². The largest absolute Gasteiger partial charge is 0.508 e. The smallest absolute Gasteiger partial charge is 0.314 e. The van der Waals surface area contributed by atoms with Crippen LogP contribution in [0, 0.1) is 6.92 Å². The minimum absolute atomic E-state index is 0.0560. The van der Waals surface area contributed by atoms with Gasteiger partial charge in [0.1, 0.15) is 5.75 Å². The summed E-state index contributed by atoms with van der Waals surface area (Å²) < 4.78 is 0. The summed E-state index contributed by atoms with van der Waals surface area (Å²) in [4.78, 5) is 11.3. The summed E-state index contributed by atoms with van der Waals surface area (Å²) in [7, 11) is 0. The van der Waals surface area contributed by atoms with Crippen molar-refractivity contribution in [3.05, 3.63) is 29.3 Å². The van der Waals surface area contributed by atoms with Gasteiger partial charge in [0.15, 0.2) is 0 Å². The number of carboxylic acid groups (broad SMARTS) is 1. The number of hydrogen-bond acceptors (Lipinski definition) is 3. The highest BCUT2D eigenvalue weighted by Gasteiger charge is 2.50. The number of benzene rings is 1. The van der Waals surface area contributed by atoms with E-state index in [1.54, 1.807) is 19.1 Å². The van der Waals surface area contributed by atoms with Crippen molar-refractivity contribution in [1.29, 1.82) is 0 Å². The summed E-state index contributed by atoms with van der Waals surface area (Å²) in [6.07, 6.45) is 0.871. The molecule has 0 radical (unpaired) electrons. The maximum atomic E-state index is 11.3. The van der Waals surface area contributed by atoms with Gasteiger partial charge in [-0.3, -0.25) is 4.79 Å². The van der Waals surface area contributed by atoms with Gasteiger partial charge < -0.3 is 15.9 Å². The molecule has 4 heteroatoms. The van der Waals surface area contributed by atoms with E-state index < -0.39 is 11.4 Å². The second kappa shape index (κ2) is 3.49. The lowest BCUT2D eigenvalue weighted by Crippen LogP contribution is -2.54.